The van der Waals surface area contributed by atoms with Crippen LogP contribution in [0.5, 0.6) is 0 Å². The number of nitrogens with two attached hydrogens (primary N) is 1. The normalized spacial score (nSPS) is 15.9. The summed E-state index contributed by atoms with van der Waals surface area (Å²) in [6.45, 7) is 4.80. The molecule has 0 aliphatic heterocycles. The van der Waals surface area contributed by atoms with E-state index in [0.717, 1.165) is 30.5 Å². The van der Waals surface area contributed by atoms with Gasteiger partial charge in [0.05, 0.1) is 0 Å². The van der Waals surface area contributed by atoms with Gasteiger partial charge in [-0.1, -0.05) is 12.8 Å². The lowest BCUT2D eigenvalue weighted by Crippen LogP contribution is -2.38. The molecular weight excluding hydrogens is 224 g/mol. The smallest absolute Gasteiger partial charge is 0.254 e. The van der Waals surface area contributed by atoms with Crippen molar-refractivity contribution >= 4 is 11.6 Å². The molecule has 0 radical (unpaired) electrons. The highest BCUT2D eigenvalue weighted by Crippen LogP contribution is 2.25. The van der Waals surface area contributed by atoms with Crippen molar-refractivity contribution in [3.05, 3.63) is 29.3 Å². The molecule has 1 aromatic rings. The SMILES string of the molecule is CCN(C(=O)c1cc(C)cc(N)c1)C1CCCC1. The predicted molar refractivity (Wildman–Crippen MR) is 74.6 cm³/mol. The Morgan fingerprint density at radius 2 is 2.00 bits per heavy atom. The van der Waals surface area contributed by atoms with Crippen molar-refractivity contribution in [3.63, 3.8) is 0 Å². The number of benzene rings is 1. The Labute approximate surface area is 109 Å². The number of hydrogen-bond acceptors (Lipinski definition) is 2. The third kappa shape index (κ3) is 2.66. The third-order valence-electron chi connectivity index (χ3n) is 3.71. The topological polar surface area (TPSA) is 46.3 Å². The Hall–Kier alpha value is -1.51. The minimum atomic E-state index is 0.125. The molecule has 0 aromatic heterocycles. The molecule has 2 rings (SSSR count). The molecule has 0 heterocycles. The third-order valence-corrected chi connectivity index (χ3v) is 3.71. The highest BCUT2D eigenvalue weighted by atomic mass is 16.2. The average Bonchev–Trinajstić information content (AvgIpc) is 2.82. The zero-order valence-electron chi connectivity index (χ0n) is 11.3. The van der Waals surface area contributed by atoms with Gasteiger partial charge in [0.15, 0.2) is 0 Å². The summed E-state index contributed by atoms with van der Waals surface area (Å²) in [6.07, 6.45) is 4.76. The first-order valence-electron chi connectivity index (χ1n) is 6.80. The Bertz CT molecular complexity index is 416. The van der Waals surface area contributed by atoms with E-state index in [1.54, 1.807) is 6.07 Å². The van der Waals surface area contributed by atoms with E-state index in [2.05, 4.69) is 6.92 Å². The monoisotopic (exact) mass is 246 g/mol. The minimum absolute atomic E-state index is 0.125. The number of amides is 1. The van der Waals surface area contributed by atoms with Gasteiger partial charge in [-0.15, -0.1) is 0 Å². The fourth-order valence-corrected chi connectivity index (χ4v) is 2.89. The number of aryl methyl sites for hydroxylation is 1. The lowest BCUT2D eigenvalue weighted by molar-refractivity contribution is 0.0693. The van der Waals surface area contributed by atoms with Gasteiger partial charge in [0.2, 0.25) is 0 Å². The highest BCUT2D eigenvalue weighted by Gasteiger charge is 2.26. The van der Waals surface area contributed by atoms with Crippen LogP contribution in [0.25, 0.3) is 0 Å². The van der Waals surface area contributed by atoms with Crippen LogP contribution in [0.2, 0.25) is 0 Å². The van der Waals surface area contributed by atoms with E-state index in [9.17, 15) is 4.79 Å². The van der Waals surface area contributed by atoms with Crippen molar-refractivity contribution in [3.8, 4) is 0 Å². The lowest BCUT2D eigenvalue weighted by atomic mass is 10.1. The molecule has 0 bridgehead atoms. The molecule has 18 heavy (non-hydrogen) atoms. The number of carbonyl (C=O) groups is 1. The molecule has 1 aliphatic carbocycles. The maximum absolute atomic E-state index is 12.5. The molecule has 3 nitrogen and oxygen atoms in total. The summed E-state index contributed by atoms with van der Waals surface area (Å²) in [5, 5.41) is 0. The number of nitrogens with zero attached hydrogens (tertiary/aromatic N) is 1. The maximum Gasteiger partial charge on any atom is 0.254 e. The van der Waals surface area contributed by atoms with Gasteiger partial charge < -0.3 is 10.6 Å². The van der Waals surface area contributed by atoms with Crippen molar-refractivity contribution in [2.24, 2.45) is 0 Å². The van der Waals surface area contributed by atoms with Crippen LogP contribution < -0.4 is 5.73 Å². The number of anilines is 1. The van der Waals surface area contributed by atoms with Crippen LogP contribution in [0.4, 0.5) is 5.69 Å². The van der Waals surface area contributed by atoms with Crippen LogP contribution in [0.15, 0.2) is 18.2 Å². The lowest BCUT2D eigenvalue weighted by Gasteiger charge is -2.28. The van der Waals surface area contributed by atoms with Crippen molar-refractivity contribution in [2.45, 2.75) is 45.6 Å². The molecule has 1 aliphatic rings. The first-order chi connectivity index (χ1) is 8.61. The van der Waals surface area contributed by atoms with Gasteiger partial charge in [-0.05, 0) is 50.5 Å². The summed E-state index contributed by atoms with van der Waals surface area (Å²) >= 11 is 0. The number of rotatable bonds is 3. The molecule has 0 unspecified atom stereocenters. The van der Waals surface area contributed by atoms with Crippen LogP contribution in [0, 0.1) is 6.92 Å². The Kier molecular flexibility index (Phi) is 3.90. The largest absolute Gasteiger partial charge is 0.399 e. The Morgan fingerprint density at radius 1 is 1.33 bits per heavy atom. The van der Waals surface area contributed by atoms with E-state index in [-0.39, 0.29) is 5.91 Å². The van der Waals surface area contributed by atoms with Crippen LogP contribution in [0.1, 0.15) is 48.5 Å². The first kappa shape index (κ1) is 12.9. The molecule has 2 N–H and O–H groups in total. The molecule has 98 valence electrons. The Balaban J connectivity index is 2.22. The number of carbonyl (C=O) groups excluding carboxylic acids is 1. The second-order valence-corrected chi connectivity index (χ2v) is 5.16. The summed E-state index contributed by atoms with van der Waals surface area (Å²) in [6, 6.07) is 6.02. The molecule has 1 aromatic carbocycles. The van der Waals surface area contributed by atoms with E-state index in [4.69, 9.17) is 5.73 Å². The average molecular weight is 246 g/mol. The molecule has 3 heteroatoms. The summed E-state index contributed by atoms with van der Waals surface area (Å²) in [5.41, 5.74) is 8.25. The van der Waals surface area contributed by atoms with Gasteiger partial charge in [0.1, 0.15) is 0 Å². The van der Waals surface area contributed by atoms with Crippen molar-refractivity contribution in [1.29, 1.82) is 0 Å². The van der Waals surface area contributed by atoms with E-state index in [1.165, 1.54) is 12.8 Å². The van der Waals surface area contributed by atoms with Gasteiger partial charge in [0.25, 0.3) is 5.91 Å². The van der Waals surface area contributed by atoms with Gasteiger partial charge in [-0.25, -0.2) is 0 Å². The van der Waals surface area contributed by atoms with E-state index in [1.807, 2.05) is 24.0 Å². The summed E-state index contributed by atoms with van der Waals surface area (Å²) < 4.78 is 0. The van der Waals surface area contributed by atoms with E-state index < -0.39 is 0 Å². The molecular formula is C15H22N2O. The fraction of sp³-hybridized carbons (Fsp3) is 0.533. The summed E-state index contributed by atoms with van der Waals surface area (Å²) in [7, 11) is 0. The van der Waals surface area contributed by atoms with Crippen molar-refractivity contribution < 1.29 is 4.79 Å². The van der Waals surface area contributed by atoms with Crippen LogP contribution in [-0.4, -0.2) is 23.4 Å². The molecule has 1 fully saturated rings. The summed E-state index contributed by atoms with van der Waals surface area (Å²) in [4.78, 5) is 14.5. The Morgan fingerprint density at radius 3 is 2.56 bits per heavy atom. The maximum atomic E-state index is 12.5. The van der Waals surface area contributed by atoms with Crippen LogP contribution in [-0.2, 0) is 0 Å². The number of hydrogen-bond donors (Lipinski definition) is 1. The van der Waals surface area contributed by atoms with Crippen molar-refractivity contribution in [2.75, 3.05) is 12.3 Å². The zero-order chi connectivity index (χ0) is 13.1. The van der Waals surface area contributed by atoms with Crippen LogP contribution >= 0.6 is 0 Å². The standard InChI is InChI=1S/C15H22N2O/c1-3-17(14-6-4-5-7-14)15(18)12-8-11(2)9-13(16)10-12/h8-10,14H,3-7,16H2,1-2H3. The van der Waals surface area contributed by atoms with Gasteiger partial charge in [0, 0.05) is 23.8 Å². The second-order valence-electron chi connectivity index (χ2n) is 5.16. The molecule has 0 saturated heterocycles. The molecule has 1 amide bonds. The van der Waals surface area contributed by atoms with E-state index >= 15 is 0 Å². The van der Waals surface area contributed by atoms with Gasteiger partial charge >= 0.3 is 0 Å². The quantitative estimate of drug-likeness (QED) is 0.833. The minimum Gasteiger partial charge on any atom is -0.399 e. The predicted octanol–water partition coefficient (Wildman–Crippen LogP) is 2.98. The van der Waals surface area contributed by atoms with E-state index in [0.29, 0.717) is 11.7 Å². The molecule has 0 spiro atoms. The van der Waals surface area contributed by atoms with Crippen LogP contribution in [0.3, 0.4) is 0 Å². The summed E-state index contributed by atoms with van der Waals surface area (Å²) in [5.74, 6) is 0.125. The number of nitrogen functional groups attached to an aromatic ring is 1. The van der Waals surface area contributed by atoms with Gasteiger partial charge in [-0.3, -0.25) is 4.79 Å². The highest BCUT2D eigenvalue weighted by molar-refractivity contribution is 5.95. The molecule has 1 saturated carbocycles. The zero-order valence-corrected chi connectivity index (χ0v) is 11.3. The fourth-order valence-electron chi connectivity index (χ4n) is 2.89. The van der Waals surface area contributed by atoms with Gasteiger partial charge in [-0.2, -0.15) is 0 Å². The molecule has 0 atom stereocenters. The van der Waals surface area contributed by atoms with Crippen molar-refractivity contribution in [1.82, 2.24) is 4.90 Å². The first-order valence-corrected chi connectivity index (χ1v) is 6.80. The second kappa shape index (κ2) is 5.42.